The third kappa shape index (κ3) is 6.50. The quantitative estimate of drug-likeness (QED) is 0.152. The molecule has 0 amide bonds. The summed E-state index contributed by atoms with van der Waals surface area (Å²) in [5, 5.41) is 2.31. The molecule has 304 valence electrons. The maximum atomic E-state index is 5.36. The van der Waals surface area contributed by atoms with Crippen molar-refractivity contribution in [3.05, 3.63) is 277 Å². The average molecular weight is 827 g/mol. The lowest BCUT2D eigenvalue weighted by Gasteiger charge is -2.34. The number of hydrogen-bond donors (Lipinski definition) is 0. The lowest BCUT2D eigenvalue weighted by Crippen LogP contribution is -2.28. The van der Waals surface area contributed by atoms with E-state index < -0.39 is 5.41 Å². The molecule has 1 aliphatic rings. The minimum Gasteiger partial charge on any atom is -0.228 e. The summed E-state index contributed by atoms with van der Waals surface area (Å²) in [6, 6.07) is 91.9. The van der Waals surface area contributed by atoms with Crippen molar-refractivity contribution in [2.45, 2.75) is 5.41 Å². The Bertz CT molecular complexity index is 3470. The van der Waals surface area contributed by atoms with Gasteiger partial charge in [0, 0.05) is 16.7 Å². The Morgan fingerprint density at radius 1 is 0.246 bits per heavy atom. The van der Waals surface area contributed by atoms with E-state index in [9.17, 15) is 0 Å². The standard InChI is InChI=1S/C63H42N2/c1-6-20-43(21-7-1)46-34-37-56(57(40-46)44-22-8-2-9-23-44)61-42-60(64-62(65-61)45-24-10-3-11-25-45)55-39-38-50(51-30-16-17-31-52(51)55)47-35-36-54-53-32-18-19-33-58(53)63(59(54)41-47,48-26-12-4-13-27-48)49-28-14-5-15-29-49/h1-42H. The van der Waals surface area contributed by atoms with E-state index in [4.69, 9.17) is 9.97 Å². The average Bonchev–Trinajstić information content (AvgIpc) is 3.69. The van der Waals surface area contributed by atoms with Crippen LogP contribution in [0.3, 0.4) is 0 Å². The summed E-state index contributed by atoms with van der Waals surface area (Å²) < 4.78 is 0. The molecule has 1 aliphatic carbocycles. The van der Waals surface area contributed by atoms with Crippen molar-refractivity contribution in [1.82, 2.24) is 9.97 Å². The van der Waals surface area contributed by atoms with Gasteiger partial charge in [-0.3, -0.25) is 0 Å². The Balaban J connectivity index is 1.05. The van der Waals surface area contributed by atoms with Crippen LogP contribution in [0.4, 0.5) is 0 Å². The van der Waals surface area contributed by atoms with Crippen molar-refractivity contribution in [1.29, 1.82) is 0 Å². The molecule has 0 spiro atoms. The van der Waals surface area contributed by atoms with Crippen LogP contribution in [0.2, 0.25) is 0 Å². The van der Waals surface area contributed by atoms with Gasteiger partial charge in [0.15, 0.2) is 5.82 Å². The van der Waals surface area contributed by atoms with Gasteiger partial charge < -0.3 is 0 Å². The smallest absolute Gasteiger partial charge is 0.160 e. The van der Waals surface area contributed by atoms with E-state index in [1.54, 1.807) is 0 Å². The van der Waals surface area contributed by atoms with Crippen molar-refractivity contribution in [3.8, 4) is 78.4 Å². The second-order valence-electron chi connectivity index (χ2n) is 16.8. The lowest BCUT2D eigenvalue weighted by atomic mass is 9.67. The lowest BCUT2D eigenvalue weighted by molar-refractivity contribution is 0.769. The first-order valence-corrected chi connectivity index (χ1v) is 22.3. The number of nitrogens with zero attached hydrogens (tertiary/aromatic N) is 2. The summed E-state index contributed by atoms with van der Waals surface area (Å²) in [4.78, 5) is 10.7. The summed E-state index contributed by atoms with van der Waals surface area (Å²) in [5.74, 6) is 0.689. The largest absolute Gasteiger partial charge is 0.228 e. The van der Waals surface area contributed by atoms with Crippen molar-refractivity contribution in [2.75, 3.05) is 0 Å². The highest BCUT2D eigenvalue weighted by Gasteiger charge is 2.46. The predicted octanol–water partition coefficient (Wildman–Crippen LogP) is 16.0. The van der Waals surface area contributed by atoms with E-state index in [1.807, 2.05) is 6.07 Å². The molecule has 1 aromatic heterocycles. The topological polar surface area (TPSA) is 25.8 Å². The van der Waals surface area contributed by atoms with Crippen LogP contribution >= 0.6 is 0 Å². The van der Waals surface area contributed by atoms with Crippen LogP contribution in [0.1, 0.15) is 22.3 Å². The van der Waals surface area contributed by atoms with E-state index in [1.165, 1.54) is 55.5 Å². The monoisotopic (exact) mass is 826 g/mol. The number of rotatable bonds is 8. The highest BCUT2D eigenvalue weighted by molar-refractivity contribution is 6.05. The normalized spacial score (nSPS) is 12.4. The van der Waals surface area contributed by atoms with Crippen molar-refractivity contribution in [2.24, 2.45) is 0 Å². The van der Waals surface area contributed by atoms with Gasteiger partial charge in [0.25, 0.3) is 0 Å². The van der Waals surface area contributed by atoms with Gasteiger partial charge in [-0.1, -0.05) is 237 Å². The first-order valence-electron chi connectivity index (χ1n) is 22.3. The van der Waals surface area contributed by atoms with E-state index in [0.717, 1.165) is 50.2 Å². The molecule has 0 saturated heterocycles. The molecule has 0 bridgehead atoms. The summed E-state index contributed by atoms with van der Waals surface area (Å²) >= 11 is 0. The van der Waals surface area contributed by atoms with Crippen LogP contribution in [0, 0.1) is 0 Å². The fourth-order valence-electron chi connectivity index (χ4n) is 10.3. The van der Waals surface area contributed by atoms with Crippen LogP contribution < -0.4 is 0 Å². The Hall–Kier alpha value is -8.46. The van der Waals surface area contributed by atoms with Crippen molar-refractivity contribution < 1.29 is 0 Å². The Morgan fingerprint density at radius 3 is 1.37 bits per heavy atom. The Labute approximate surface area is 379 Å². The van der Waals surface area contributed by atoms with Gasteiger partial charge in [-0.15, -0.1) is 0 Å². The molecule has 0 radical (unpaired) electrons. The first-order chi connectivity index (χ1) is 32.2. The number of benzene rings is 10. The molecule has 1 heterocycles. The van der Waals surface area contributed by atoms with E-state index in [2.05, 4.69) is 249 Å². The molecule has 2 nitrogen and oxygen atoms in total. The van der Waals surface area contributed by atoms with E-state index in [-0.39, 0.29) is 0 Å². The fourth-order valence-corrected chi connectivity index (χ4v) is 10.3. The zero-order chi connectivity index (χ0) is 43.2. The van der Waals surface area contributed by atoms with Gasteiger partial charge in [0.05, 0.1) is 16.8 Å². The highest BCUT2D eigenvalue weighted by atomic mass is 14.9. The molecular formula is C63H42N2. The molecule has 2 heteroatoms. The zero-order valence-electron chi connectivity index (χ0n) is 35.6. The Morgan fingerprint density at radius 2 is 0.708 bits per heavy atom. The van der Waals surface area contributed by atoms with Crippen LogP contribution in [-0.4, -0.2) is 9.97 Å². The fraction of sp³-hybridized carbons (Fsp3) is 0.0159. The number of hydrogen-bond acceptors (Lipinski definition) is 2. The second kappa shape index (κ2) is 16.0. The van der Waals surface area contributed by atoms with Crippen molar-refractivity contribution >= 4 is 10.8 Å². The summed E-state index contributed by atoms with van der Waals surface area (Å²) in [7, 11) is 0. The predicted molar refractivity (Wildman–Crippen MR) is 269 cm³/mol. The molecular weight excluding hydrogens is 785 g/mol. The van der Waals surface area contributed by atoms with Crippen LogP contribution in [0.5, 0.6) is 0 Å². The van der Waals surface area contributed by atoms with E-state index in [0.29, 0.717) is 5.82 Å². The SMILES string of the molecule is c1ccc(-c2ccc(-c3cc(-c4ccc(-c5ccc6c(c5)C(c5ccccc5)(c5ccccc5)c5ccccc5-6)c5ccccc45)nc(-c4ccccc4)n3)c(-c3ccccc3)c2)cc1. The molecule has 0 saturated carbocycles. The Kier molecular flexibility index (Phi) is 9.43. The molecule has 0 fully saturated rings. The minimum absolute atomic E-state index is 0.483. The molecule has 10 aromatic carbocycles. The molecule has 11 aromatic rings. The van der Waals surface area contributed by atoms with Crippen molar-refractivity contribution in [3.63, 3.8) is 0 Å². The molecule has 65 heavy (non-hydrogen) atoms. The maximum absolute atomic E-state index is 5.36. The first kappa shape index (κ1) is 38.2. The minimum atomic E-state index is -0.483. The molecule has 0 atom stereocenters. The molecule has 0 aliphatic heterocycles. The van der Waals surface area contributed by atoms with Crippen LogP contribution in [-0.2, 0) is 5.41 Å². The third-order valence-corrected chi connectivity index (χ3v) is 13.2. The molecule has 0 N–H and O–H groups in total. The van der Waals surface area contributed by atoms with E-state index >= 15 is 0 Å². The zero-order valence-corrected chi connectivity index (χ0v) is 35.6. The second-order valence-corrected chi connectivity index (χ2v) is 16.8. The summed E-state index contributed by atoms with van der Waals surface area (Å²) in [5.41, 5.74) is 19.0. The maximum Gasteiger partial charge on any atom is 0.160 e. The van der Waals surface area contributed by atoms with Gasteiger partial charge in [0.1, 0.15) is 0 Å². The molecule has 12 rings (SSSR count). The van der Waals surface area contributed by atoms with Gasteiger partial charge in [-0.05, 0) is 95.7 Å². The van der Waals surface area contributed by atoms with Gasteiger partial charge in [-0.2, -0.15) is 0 Å². The number of aromatic nitrogens is 2. The number of fused-ring (bicyclic) bond motifs is 4. The van der Waals surface area contributed by atoms with Gasteiger partial charge in [0.2, 0.25) is 0 Å². The van der Waals surface area contributed by atoms with Crippen LogP contribution in [0.15, 0.2) is 255 Å². The highest BCUT2D eigenvalue weighted by Crippen LogP contribution is 2.57. The summed E-state index contributed by atoms with van der Waals surface area (Å²) in [6.45, 7) is 0. The third-order valence-electron chi connectivity index (χ3n) is 13.2. The van der Waals surface area contributed by atoms with Gasteiger partial charge in [-0.25, -0.2) is 9.97 Å². The van der Waals surface area contributed by atoms with Gasteiger partial charge >= 0.3 is 0 Å². The molecule has 0 unspecified atom stereocenters. The summed E-state index contributed by atoms with van der Waals surface area (Å²) in [6.07, 6.45) is 0. The van der Waals surface area contributed by atoms with Crippen LogP contribution in [0.25, 0.3) is 89.2 Å².